The van der Waals surface area contributed by atoms with Crippen LogP contribution in [0.1, 0.15) is 25.3 Å². The Morgan fingerprint density at radius 2 is 1.77 bits per heavy atom. The molecular weight excluding hydrogens is 278 g/mol. The number of nitrogens with zero attached hydrogens (tertiary/aromatic N) is 3. The van der Waals surface area contributed by atoms with E-state index in [2.05, 4.69) is 10.3 Å². The third-order valence-electron chi connectivity index (χ3n) is 4.51. The molecule has 5 nitrogen and oxygen atoms in total. The minimum absolute atomic E-state index is 0.662. The van der Waals surface area contributed by atoms with Gasteiger partial charge in [0.05, 0.1) is 0 Å². The predicted molar refractivity (Wildman–Crippen MR) is 82.1 cm³/mol. The van der Waals surface area contributed by atoms with Crippen molar-refractivity contribution in [3.8, 4) is 0 Å². The van der Waals surface area contributed by atoms with Crippen LogP contribution in [-0.4, -0.2) is 25.9 Å². The molecule has 1 aliphatic carbocycles. The van der Waals surface area contributed by atoms with Crippen LogP contribution >= 0.6 is 0 Å². The largest absolute Gasteiger partial charge is 0.385 e. The summed E-state index contributed by atoms with van der Waals surface area (Å²) in [4.78, 5) is 7.51. The molecule has 1 atom stereocenters. The number of aromatic nitrogens is 3. The third-order valence-corrected chi connectivity index (χ3v) is 4.51. The topological polar surface area (TPSA) is 60.2 Å². The molecule has 1 aromatic heterocycles. The third kappa shape index (κ3) is 1.89. The van der Waals surface area contributed by atoms with Gasteiger partial charge in [0, 0.05) is 0 Å². The van der Waals surface area contributed by atoms with Crippen LogP contribution in [0.15, 0.2) is 54.6 Å². The Bertz CT molecular complexity index is 807. The molecule has 0 spiro atoms. The van der Waals surface area contributed by atoms with Crippen molar-refractivity contribution in [2.24, 2.45) is 0 Å². The summed E-state index contributed by atoms with van der Waals surface area (Å²) in [5, 5.41) is 19.2. The van der Waals surface area contributed by atoms with Crippen molar-refractivity contribution in [1.29, 1.82) is 0 Å². The first-order valence-electron chi connectivity index (χ1n) is 7.40. The maximum absolute atomic E-state index is 11.1. The minimum atomic E-state index is -1.08. The van der Waals surface area contributed by atoms with Gasteiger partial charge in [-0.2, -0.15) is 0 Å². The van der Waals surface area contributed by atoms with E-state index >= 15 is 0 Å². The summed E-state index contributed by atoms with van der Waals surface area (Å²) in [7, 11) is 0. The Kier molecular flexibility index (Phi) is 2.74. The molecule has 0 aliphatic heterocycles. The van der Waals surface area contributed by atoms with E-state index < -0.39 is 11.2 Å². The highest BCUT2D eigenvalue weighted by atomic mass is 16.7. The van der Waals surface area contributed by atoms with Crippen molar-refractivity contribution in [3.63, 3.8) is 0 Å². The molecule has 0 amide bonds. The molecule has 4 rings (SSSR count). The van der Waals surface area contributed by atoms with E-state index in [9.17, 15) is 5.11 Å². The highest BCUT2D eigenvalue weighted by Gasteiger charge is 2.61. The van der Waals surface area contributed by atoms with E-state index in [1.54, 1.807) is 6.92 Å². The summed E-state index contributed by atoms with van der Waals surface area (Å²) in [6.07, 6.45) is 1.56. The van der Waals surface area contributed by atoms with Crippen molar-refractivity contribution < 1.29 is 9.94 Å². The lowest BCUT2D eigenvalue weighted by atomic mass is 9.88. The van der Waals surface area contributed by atoms with Crippen molar-refractivity contribution in [3.05, 3.63) is 60.2 Å². The molecule has 5 heteroatoms. The maximum atomic E-state index is 11.1. The van der Waals surface area contributed by atoms with Gasteiger partial charge in [-0.3, -0.25) is 0 Å². The summed E-state index contributed by atoms with van der Waals surface area (Å²) in [5.74, 6) is 0. The first-order valence-corrected chi connectivity index (χ1v) is 7.40. The zero-order chi connectivity index (χ0) is 15.2. The minimum Gasteiger partial charge on any atom is -0.385 e. The fourth-order valence-corrected chi connectivity index (χ4v) is 2.89. The Hall–Kier alpha value is -2.40. The van der Waals surface area contributed by atoms with Gasteiger partial charge in [0.2, 0.25) is 0 Å². The Labute approximate surface area is 128 Å². The van der Waals surface area contributed by atoms with Crippen LogP contribution in [0.3, 0.4) is 0 Å². The molecule has 1 heterocycles. The van der Waals surface area contributed by atoms with Gasteiger partial charge in [-0.25, -0.2) is 0 Å². The summed E-state index contributed by atoms with van der Waals surface area (Å²) in [6, 6.07) is 17.2. The Balaban J connectivity index is 1.70. The van der Waals surface area contributed by atoms with Crippen molar-refractivity contribution >= 4 is 11.0 Å². The SMILES string of the molecule is CC(O)(c1ccccc1)C1(On2nnc3ccccc32)CC1. The lowest BCUT2D eigenvalue weighted by molar-refractivity contribution is -0.132. The summed E-state index contributed by atoms with van der Waals surface area (Å²) >= 11 is 0. The van der Waals surface area contributed by atoms with Gasteiger partial charge in [0.1, 0.15) is 16.6 Å². The van der Waals surface area contributed by atoms with Crippen LogP contribution in [0.5, 0.6) is 0 Å². The highest BCUT2D eigenvalue weighted by Crippen LogP contribution is 2.51. The molecule has 1 N–H and O–H groups in total. The molecule has 1 fully saturated rings. The molecule has 2 aromatic carbocycles. The van der Waals surface area contributed by atoms with Gasteiger partial charge >= 0.3 is 0 Å². The summed E-state index contributed by atoms with van der Waals surface area (Å²) < 4.78 is 0. The average molecular weight is 295 g/mol. The predicted octanol–water partition coefficient (Wildman–Crippen LogP) is 2.30. The number of rotatable bonds is 4. The van der Waals surface area contributed by atoms with Crippen LogP contribution in [0, 0.1) is 0 Å². The van der Waals surface area contributed by atoms with E-state index in [0.717, 1.165) is 29.4 Å². The van der Waals surface area contributed by atoms with E-state index in [0.29, 0.717) is 0 Å². The smallest absolute Gasteiger partial charge is 0.170 e. The van der Waals surface area contributed by atoms with E-state index in [1.807, 2.05) is 54.6 Å². The molecule has 22 heavy (non-hydrogen) atoms. The zero-order valence-corrected chi connectivity index (χ0v) is 12.3. The fourth-order valence-electron chi connectivity index (χ4n) is 2.89. The quantitative estimate of drug-likeness (QED) is 0.802. The monoisotopic (exact) mass is 295 g/mol. The normalized spacial score (nSPS) is 18.8. The summed E-state index contributed by atoms with van der Waals surface area (Å²) in [6.45, 7) is 1.80. The lowest BCUT2D eigenvalue weighted by Gasteiger charge is -2.33. The number of benzene rings is 2. The number of para-hydroxylation sites is 1. The molecule has 0 saturated heterocycles. The van der Waals surface area contributed by atoms with Crippen molar-refractivity contribution in [2.75, 3.05) is 0 Å². The van der Waals surface area contributed by atoms with Crippen LogP contribution in [0.25, 0.3) is 11.0 Å². The lowest BCUT2D eigenvalue weighted by Crippen LogP contribution is -2.46. The van der Waals surface area contributed by atoms with Gasteiger partial charge in [-0.15, -0.1) is 5.10 Å². The van der Waals surface area contributed by atoms with Crippen LogP contribution in [0.2, 0.25) is 0 Å². The number of hydrogen-bond donors (Lipinski definition) is 1. The van der Waals surface area contributed by atoms with Crippen LogP contribution in [-0.2, 0) is 5.60 Å². The molecule has 1 saturated carbocycles. The molecule has 0 radical (unpaired) electrons. The standard InChI is InChI=1S/C17H17N3O2/c1-16(21,13-7-3-2-4-8-13)17(11-12-17)22-20-15-10-6-5-9-14(15)18-19-20/h2-10,21H,11-12H2,1H3. The second kappa shape index (κ2) is 4.55. The second-order valence-electron chi connectivity index (χ2n) is 5.97. The molecule has 1 unspecified atom stereocenters. The first kappa shape index (κ1) is 13.3. The van der Waals surface area contributed by atoms with Crippen LogP contribution < -0.4 is 4.84 Å². The molecule has 0 bridgehead atoms. The number of aliphatic hydroxyl groups is 1. The Morgan fingerprint density at radius 1 is 1.09 bits per heavy atom. The van der Waals surface area contributed by atoms with Crippen molar-refractivity contribution in [1.82, 2.24) is 15.2 Å². The first-order chi connectivity index (χ1) is 10.6. The van der Waals surface area contributed by atoms with Gasteiger partial charge in [-0.1, -0.05) is 47.3 Å². The molecule has 1 aliphatic rings. The second-order valence-corrected chi connectivity index (χ2v) is 5.97. The summed E-state index contributed by atoms with van der Waals surface area (Å²) in [5.41, 5.74) is 0.679. The van der Waals surface area contributed by atoms with E-state index in [1.165, 1.54) is 4.85 Å². The van der Waals surface area contributed by atoms with Gasteiger partial charge in [0.25, 0.3) is 0 Å². The molecular formula is C17H17N3O2. The average Bonchev–Trinajstić information content (AvgIpc) is 3.24. The van der Waals surface area contributed by atoms with Gasteiger partial charge < -0.3 is 9.94 Å². The maximum Gasteiger partial charge on any atom is 0.170 e. The number of fused-ring (bicyclic) bond motifs is 1. The van der Waals surface area contributed by atoms with E-state index in [4.69, 9.17) is 4.84 Å². The van der Waals surface area contributed by atoms with Gasteiger partial charge in [-0.05, 0) is 42.7 Å². The molecule has 112 valence electrons. The van der Waals surface area contributed by atoms with E-state index in [-0.39, 0.29) is 0 Å². The van der Waals surface area contributed by atoms with Crippen LogP contribution in [0.4, 0.5) is 0 Å². The zero-order valence-electron chi connectivity index (χ0n) is 12.3. The highest BCUT2D eigenvalue weighted by molar-refractivity contribution is 5.73. The Morgan fingerprint density at radius 3 is 2.50 bits per heavy atom. The number of hydrogen-bond acceptors (Lipinski definition) is 4. The van der Waals surface area contributed by atoms with Crippen molar-refractivity contribution in [2.45, 2.75) is 31.0 Å². The fraction of sp³-hybridized carbons (Fsp3) is 0.294. The van der Waals surface area contributed by atoms with Gasteiger partial charge in [0.15, 0.2) is 5.60 Å². The molecule has 3 aromatic rings.